The number of carbonyl (C=O) groups is 1. The Kier molecular flexibility index (Phi) is 3.90. The molecule has 78 valence electrons. The minimum Gasteiger partial charge on any atom is -0.378 e. The summed E-state index contributed by atoms with van der Waals surface area (Å²) in [5.41, 5.74) is 0. The van der Waals surface area contributed by atoms with Crippen molar-refractivity contribution in [2.24, 2.45) is 5.92 Å². The van der Waals surface area contributed by atoms with E-state index < -0.39 is 0 Å². The molecule has 1 heterocycles. The molecule has 0 aliphatic carbocycles. The van der Waals surface area contributed by atoms with Crippen molar-refractivity contribution in [1.82, 2.24) is 5.32 Å². The molecule has 4 nitrogen and oxygen atoms in total. The largest absolute Gasteiger partial charge is 0.378 e. The van der Waals surface area contributed by atoms with E-state index in [1.54, 1.807) is 0 Å². The Morgan fingerprint density at radius 1 is 1.79 bits per heavy atom. The maximum Gasteiger partial charge on any atom is 0.225 e. The van der Waals surface area contributed by atoms with Crippen LogP contribution in [0.2, 0.25) is 0 Å². The third kappa shape index (κ3) is 3.00. The topological polar surface area (TPSA) is 62.1 Å². The highest BCUT2D eigenvalue weighted by Crippen LogP contribution is 2.19. The average Bonchev–Trinajstić information content (AvgIpc) is 2.52. The number of nitrogens with one attached hydrogen (secondary N) is 1. The number of carbonyl (C=O) groups excluding carboxylic acids is 1. The molecular formula is C10H16N2O2. The van der Waals surface area contributed by atoms with Gasteiger partial charge in [-0.15, -0.1) is 0 Å². The Hall–Kier alpha value is -1.08. The lowest BCUT2D eigenvalue weighted by molar-refractivity contribution is -0.125. The molecule has 0 radical (unpaired) electrons. The summed E-state index contributed by atoms with van der Waals surface area (Å²) in [6.45, 7) is 4.30. The standard InChI is InChI=1S/C10H16N2O2/c1-7(3-4-11)12-10(13)9-5-8(2)14-6-9/h7-9H,3,5-6H2,1-2H3,(H,12,13). The molecule has 1 rings (SSSR count). The van der Waals surface area contributed by atoms with Crippen LogP contribution in [0.15, 0.2) is 0 Å². The van der Waals surface area contributed by atoms with Crippen molar-refractivity contribution >= 4 is 5.91 Å². The van der Waals surface area contributed by atoms with Crippen molar-refractivity contribution in [2.75, 3.05) is 6.61 Å². The summed E-state index contributed by atoms with van der Waals surface area (Å²) in [4.78, 5) is 11.6. The second-order valence-electron chi connectivity index (χ2n) is 3.85. The molecule has 1 saturated heterocycles. The molecule has 0 bridgehead atoms. The van der Waals surface area contributed by atoms with E-state index in [1.807, 2.05) is 19.9 Å². The highest BCUT2D eigenvalue weighted by molar-refractivity contribution is 5.79. The predicted molar refractivity (Wildman–Crippen MR) is 51.4 cm³/mol. The van der Waals surface area contributed by atoms with Crippen molar-refractivity contribution in [3.8, 4) is 6.07 Å². The van der Waals surface area contributed by atoms with E-state index in [4.69, 9.17) is 10.00 Å². The SMILES string of the molecule is CC(CC#N)NC(=O)C1COC(C)C1. The molecule has 3 unspecified atom stereocenters. The van der Waals surface area contributed by atoms with Crippen LogP contribution in [0.1, 0.15) is 26.7 Å². The van der Waals surface area contributed by atoms with Crippen LogP contribution in [0.4, 0.5) is 0 Å². The van der Waals surface area contributed by atoms with Crippen LogP contribution in [0, 0.1) is 17.2 Å². The van der Waals surface area contributed by atoms with Gasteiger partial charge in [0.05, 0.1) is 31.1 Å². The van der Waals surface area contributed by atoms with Gasteiger partial charge in [-0.2, -0.15) is 5.26 Å². The maximum absolute atomic E-state index is 11.6. The van der Waals surface area contributed by atoms with E-state index in [1.165, 1.54) is 0 Å². The quantitative estimate of drug-likeness (QED) is 0.727. The molecule has 14 heavy (non-hydrogen) atoms. The molecule has 1 amide bonds. The van der Waals surface area contributed by atoms with Crippen LogP contribution in [-0.2, 0) is 9.53 Å². The Labute approximate surface area is 84.2 Å². The summed E-state index contributed by atoms with van der Waals surface area (Å²) < 4.78 is 5.30. The fourth-order valence-electron chi connectivity index (χ4n) is 1.55. The zero-order chi connectivity index (χ0) is 10.6. The summed E-state index contributed by atoms with van der Waals surface area (Å²) in [5.74, 6) is -0.0248. The fourth-order valence-corrected chi connectivity index (χ4v) is 1.55. The number of amides is 1. The molecule has 4 heteroatoms. The van der Waals surface area contributed by atoms with Gasteiger partial charge in [0.1, 0.15) is 0 Å². The van der Waals surface area contributed by atoms with Crippen LogP contribution in [-0.4, -0.2) is 24.7 Å². The molecule has 1 aliphatic heterocycles. The fraction of sp³-hybridized carbons (Fsp3) is 0.800. The van der Waals surface area contributed by atoms with Gasteiger partial charge in [0.25, 0.3) is 0 Å². The molecule has 0 aromatic rings. The van der Waals surface area contributed by atoms with Crippen LogP contribution in [0.5, 0.6) is 0 Å². The molecule has 0 saturated carbocycles. The Morgan fingerprint density at radius 3 is 3.00 bits per heavy atom. The van der Waals surface area contributed by atoms with Crippen LogP contribution < -0.4 is 5.32 Å². The monoisotopic (exact) mass is 196 g/mol. The first-order chi connectivity index (χ1) is 6.63. The zero-order valence-electron chi connectivity index (χ0n) is 8.62. The van der Waals surface area contributed by atoms with Gasteiger partial charge in [0.15, 0.2) is 0 Å². The van der Waals surface area contributed by atoms with E-state index in [2.05, 4.69) is 5.32 Å². The second kappa shape index (κ2) is 4.97. The Morgan fingerprint density at radius 2 is 2.50 bits per heavy atom. The lowest BCUT2D eigenvalue weighted by Gasteiger charge is -2.13. The van der Waals surface area contributed by atoms with Crippen molar-refractivity contribution in [3.05, 3.63) is 0 Å². The summed E-state index contributed by atoms with van der Waals surface area (Å²) in [6.07, 6.45) is 1.32. The van der Waals surface area contributed by atoms with Crippen molar-refractivity contribution < 1.29 is 9.53 Å². The number of rotatable bonds is 3. The summed E-state index contributed by atoms with van der Waals surface area (Å²) in [7, 11) is 0. The third-order valence-corrected chi connectivity index (χ3v) is 2.36. The zero-order valence-corrected chi connectivity index (χ0v) is 8.62. The highest BCUT2D eigenvalue weighted by atomic mass is 16.5. The lowest BCUT2D eigenvalue weighted by Crippen LogP contribution is -2.37. The van der Waals surface area contributed by atoms with E-state index in [0.717, 1.165) is 6.42 Å². The molecular weight excluding hydrogens is 180 g/mol. The second-order valence-corrected chi connectivity index (χ2v) is 3.85. The number of nitrogens with zero attached hydrogens (tertiary/aromatic N) is 1. The van der Waals surface area contributed by atoms with Gasteiger partial charge in [-0.05, 0) is 20.3 Å². The van der Waals surface area contributed by atoms with Gasteiger partial charge in [0.2, 0.25) is 5.91 Å². The number of hydrogen-bond donors (Lipinski definition) is 1. The lowest BCUT2D eigenvalue weighted by atomic mass is 10.0. The Balaban J connectivity index is 2.32. The van der Waals surface area contributed by atoms with Gasteiger partial charge in [-0.25, -0.2) is 0 Å². The number of ether oxygens (including phenoxy) is 1. The molecule has 0 spiro atoms. The predicted octanol–water partition coefficient (Wildman–Crippen LogP) is 0.830. The van der Waals surface area contributed by atoms with Crippen LogP contribution >= 0.6 is 0 Å². The first kappa shape index (κ1) is 11.0. The first-order valence-corrected chi connectivity index (χ1v) is 4.92. The summed E-state index contributed by atoms with van der Waals surface area (Å²) in [6, 6.07) is 1.96. The molecule has 1 N–H and O–H groups in total. The minimum absolute atomic E-state index is 0.0112. The van der Waals surface area contributed by atoms with Crippen LogP contribution in [0.25, 0.3) is 0 Å². The Bertz CT molecular complexity index is 247. The smallest absolute Gasteiger partial charge is 0.225 e. The molecule has 3 atom stereocenters. The average molecular weight is 196 g/mol. The third-order valence-electron chi connectivity index (χ3n) is 2.36. The van der Waals surface area contributed by atoms with Gasteiger partial charge in [-0.1, -0.05) is 0 Å². The molecule has 0 aromatic carbocycles. The van der Waals surface area contributed by atoms with Gasteiger partial charge in [0, 0.05) is 6.04 Å². The number of nitriles is 1. The van der Waals surface area contributed by atoms with Gasteiger partial charge >= 0.3 is 0 Å². The summed E-state index contributed by atoms with van der Waals surface area (Å²) >= 11 is 0. The van der Waals surface area contributed by atoms with E-state index in [0.29, 0.717) is 13.0 Å². The minimum atomic E-state index is -0.0663. The van der Waals surface area contributed by atoms with Gasteiger partial charge in [-0.3, -0.25) is 4.79 Å². The molecule has 0 aromatic heterocycles. The molecule has 1 aliphatic rings. The summed E-state index contributed by atoms with van der Waals surface area (Å²) in [5, 5.41) is 11.2. The van der Waals surface area contributed by atoms with Crippen molar-refractivity contribution in [2.45, 2.75) is 38.8 Å². The van der Waals surface area contributed by atoms with Crippen LogP contribution in [0.3, 0.4) is 0 Å². The van der Waals surface area contributed by atoms with Crippen molar-refractivity contribution in [3.63, 3.8) is 0 Å². The van der Waals surface area contributed by atoms with E-state index in [9.17, 15) is 4.79 Å². The maximum atomic E-state index is 11.6. The molecule has 1 fully saturated rings. The van der Waals surface area contributed by atoms with Crippen molar-refractivity contribution in [1.29, 1.82) is 5.26 Å². The highest BCUT2D eigenvalue weighted by Gasteiger charge is 2.28. The van der Waals surface area contributed by atoms with E-state index >= 15 is 0 Å². The van der Waals surface area contributed by atoms with E-state index in [-0.39, 0.29) is 24.0 Å². The first-order valence-electron chi connectivity index (χ1n) is 4.92. The normalized spacial score (nSPS) is 28.1. The van der Waals surface area contributed by atoms with Gasteiger partial charge < -0.3 is 10.1 Å². The number of hydrogen-bond acceptors (Lipinski definition) is 3.